The second-order valence-corrected chi connectivity index (χ2v) is 8.54. The van der Waals surface area contributed by atoms with Crippen LogP contribution in [0.15, 0.2) is 64.2 Å². The number of hydrogen-bond acceptors (Lipinski definition) is 6. The molecular formula is C26H27N5O4. The fourth-order valence-electron chi connectivity index (χ4n) is 4.60. The molecule has 0 unspecified atom stereocenters. The average Bonchev–Trinajstić information content (AvgIpc) is 3.45. The van der Waals surface area contributed by atoms with Gasteiger partial charge in [-0.1, -0.05) is 30.3 Å². The van der Waals surface area contributed by atoms with Gasteiger partial charge >= 0.3 is 11.7 Å². The van der Waals surface area contributed by atoms with Gasteiger partial charge in [-0.3, -0.25) is 13.9 Å². The predicted octanol–water partition coefficient (Wildman–Crippen LogP) is 2.86. The van der Waals surface area contributed by atoms with E-state index in [0.717, 1.165) is 12.1 Å². The first-order chi connectivity index (χ1) is 17.0. The molecule has 0 fully saturated rings. The summed E-state index contributed by atoms with van der Waals surface area (Å²) in [6.45, 7) is 3.64. The summed E-state index contributed by atoms with van der Waals surface area (Å²) in [6, 6.07) is 17.1. The second-order valence-electron chi connectivity index (χ2n) is 8.54. The number of anilines is 2. The molecule has 0 saturated heterocycles. The zero-order chi connectivity index (χ0) is 24.5. The SMILES string of the molecule is CCOC(=O)c1ccc(N2CCn3c2nc2c3c(=O)n(CCCc3ccccc3)c(=O)n2C)cc1. The standard InChI is InChI=1S/C26H27N5O4/c1-3-35-24(33)19-11-13-20(14-12-19)29-16-17-30-21-22(27-25(29)30)28(2)26(34)31(23(21)32)15-7-10-18-8-5-4-6-9-18/h4-6,8-9,11-14H,3,7,10,15-17H2,1-2H3. The number of carbonyl (C=O) groups excluding carboxylic acids is 1. The molecule has 0 amide bonds. The minimum Gasteiger partial charge on any atom is -0.462 e. The first kappa shape index (κ1) is 22.6. The number of hydrogen-bond donors (Lipinski definition) is 0. The first-order valence-corrected chi connectivity index (χ1v) is 11.8. The van der Waals surface area contributed by atoms with Gasteiger partial charge in [0, 0.05) is 32.4 Å². The third-order valence-corrected chi connectivity index (χ3v) is 6.38. The van der Waals surface area contributed by atoms with Crippen LogP contribution in [0.5, 0.6) is 0 Å². The summed E-state index contributed by atoms with van der Waals surface area (Å²) >= 11 is 0. The van der Waals surface area contributed by atoms with Crippen molar-refractivity contribution in [3.63, 3.8) is 0 Å². The Kier molecular flexibility index (Phi) is 5.98. The van der Waals surface area contributed by atoms with Gasteiger partial charge < -0.3 is 14.2 Å². The van der Waals surface area contributed by atoms with Crippen LogP contribution in [0.1, 0.15) is 29.3 Å². The van der Waals surface area contributed by atoms with Crippen molar-refractivity contribution in [2.75, 3.05) is 18.1 Å². The van der Waals surface area contributed by atoms with Gasteiger partial charge in [-0.2, -0.15) is 4.98 Å². The molecule has 0 saturated carbocycles. The molecule has 2 aromatic carbocycles. The van der Waals surface area contributed by atoms with E-state index in [1.54, 1.807) is 26.1 Å². The molecule has 9 heteroatoms. The van der Waals surface area contributed by atoms with E-state index in [1.807, 2.05) is 51.9 Å². The molecule has 0 radical (unpaired) electrons. The van der Waals surface area contributed by atoms with Crippen LogP contribution in [0.3, 0.4) is 0 Å². The summed E-state index contributed by atoms with van der Waals surface area (Å²) in [7, 11) is 1.65. The number of carbonyl (C=O) groups is 1. The van der Waals surface area contributed by atoms with E-state index in [4.69, 9.17) is 4.74 Å². The van der Waals surface area contributed by atoms with Gasteiger partial charge in [0.1, 0.15) is 0 Å². The predicted molar refractivity (Wildman–Crippen MR) is 133 cm³/mol. The summed E-state index contributed by atoms with van der Waals surface area (Å²) in [5, 5.41) is 0. The number of aryl methyl sites for hydroxylation is 2. The summed E-state index contributed by atoms with van der Waals surface area (Å²) in [4.78, 5) is 45.0. The smallest absolute Gasteiger partial charge is 0.338 e. The third-order valence-electron chi connectivity index (χ3n) is 6.38. The molecule has 3 heterocycles. The maximum atomic E-state index is 13.4. The van der Waals surface area contributed by atoms with E-state index in [0.29, 0.717) is 55.3 Å². The van der Waals surface area contributed by atoms with Crippen LogP contribution in [0, 0.1) is 0 Å². The Hall–Kier alpha value is -4.14. The van der Waals surface area contributed by atoms with Crippen molar-refractivity contribution in [3.05, 3.63) is 86.6 Å². The second kappa shape index (κ2) is 9.25. The van der Waals surface area contributed by atoms with Crippen LogP contribution >= 0.6 is 0 Å². The van der Waals surface area contributed by atoms with Crippen molar-refractivity contribution >= 4 is 28.8 Å². The number of rotatable bonds is 7. The van der Waals surface area contributed by atoms with E-state index >= 15 is 0 Å². The molecule has 9 nitrogen and oxygen atoms in total. The summed E-state index contributed by atoms with van der Waals surface area (Å²) in [5.74, 6) is 0.244. The maximum absolute atomic E-state index is 13.4. The minimum absolute atomic E-state index is 0.311. The molecule has 0 spiro atoms. The van der Waals surface area contributed by atoms with E-state index in [2.05, 4.69) is 4.98 Å². The Labute approximate surface area is 201 Å². The highest BCUT2D eigenvalue weighted by atomic mass is 16.5. The van der Waals surface area contributed by atoms with Crippen LogP contribution in [0.4, 0.5) is 11.6 Å². The van der Waals surface area contributed by atoms with E-state index < -0.39 is 0 Å². The molecule has 0 atom stereocenters. The Morgan fingerprint density at radius 3 is 2.49 bits per heavy atom. The van der Waals surface area contributed by atoms with Crippen LogP contribution in [-0.2, 0) is 31.3 Å². The van der Waals surface area contributed by atoms with Gasteiger partial charge in [0.15, 0.2) is 11.2 Å². The van der Waals surface area contributed by atoms with Gasteiger partial charge in [-0.05, 0) is 49.6 Å². The van der Waals surface area contributed by atoms with Gasteiger partial charge in [-0.25, -0.2) is 9.59 Å². The molecule has 1 aliphatic rings. The highest BCUT2D eigenvalue weighted by Gasteiger charge is 2.28. The Bertz CT molecular complexity index is 1500. The fourth-order valence-corrected chi connectivity index (χ4v) is 4.60. The molecular weight excluding hydrogens is 446 g/mol. The molecule has 0 bridgehead atoms. The molecule has 2 aromatic heterocycles. The zero-order valence-corrected chi connectivity index (χ0v) is 19.8. The first-order valence-electron chi connectivity index (χ1n) is 11.8. The topological polar surface area (TPSA) is 91.4 Å². The molecule has 4 aromatic rings. The maximum Gasteiger partial charge on any atom is 0.338 e. The van der Waals surface area contributed by atoms with Crippen molar-refractivity contribution in [1.82, 2.24) is 18.7 Å². The molecule has 0 aliphatic carbocycles. The highest BCUT2D eigenvalue weighted by molar-refractivity contribution is 5.90. The van der Waals surface area contributed by atoms with E-state index in [-0.39, 0.29) is 17.2 Å². The largest absolute Gasteiger partial charge is 0.462 e. The Morgan fingerprint density at radius 2 is 1.77 bits per heavy atom. The van der Waals surface area contributed by atoms with Gasteiger partial charge in [0.25, 0.3) is 5.56 Å². The number of esters is 1. The monoisotopic (exact) mass is 473 g/mol. The zero-order valence-electron chi connectivity index (χ0n) is 19.8. The highest BCUT2D eigenvalue weighted by Crippen LogP contribution is 2.31. The quantitative estimate of drug-likeness (QED) is 0.384. The average molecular weight is 474 g/mol. The summed E-state index contributed by atoms with van der Waals surface area (Å²) in [6.07, 6.45) is 1.47. The molecule has 0 N–H and O–H groups in total. The van der Waals surface area contributed by atoms with Crippen molar-refractivity contribution in [2.24, 2.45) is 7.05 Å². The van der Waals surface area contributed by atoms with Crippen molar-refractivity contribution in [3.8, 4) is 0 Å². The Balaban J connectivity index is 1.46. The van der Waals surface area contributed by atoms with Crippen molar-refractivity contribution < 1.29 is 9.53 Å². The van der Waals surface area contributed by atoms with Crippen LogP contribution in [0.2, 0.25) is 0 Å². The van der Waals surface area contributed by atoms with Crippen molar-refractivity contribution in [1.29, 1.82) is 0 Å². The van der Waals surface area contributed by atoms with Gasteiger partial charge in [-0.15, -0.1) is 0 Å². The van der Waals surface area contributed by atoms with Gasteiger partial charge in [0.2, 0.25) is 5.95 Å². The molecule has 35 heavy (non-hydrogen) atoms. The lowest BCUT2D eigenvalue weighted by molar-refractivity contribution is 0.0526. The van der Waals surface area contributed by atoms with E-state index in [1.165, 1.54) is 14.7 Å². The third kappa shape index (κ3) is 4.03. The van der Waals surface area contributed by atoms with Crippen molar-refractivity contribution in [2.45, 2.75) is 32.9 Å². The number of aromatic nitrogens is 4. The normalized spacial score (nSPS) is 12.8. The number of fused-ring (bicyclic) bond motifs is 3. The Morgan fingerprint density at radius 1 is 1.03 bits per heavy atom. The lowest BCUT2D eigenvalue weighted by Crippen LogP contribution is -2.39. The number of benzene rings is 2. The lowest BCUT2D eigenvalue weighted by atomic mass is 10.1. The number of nitrogens with zero attached hydrogens (tertiary/aromatic N) is 5. The van der Waals surface area contributed by atoms with Crippen LogP contribution in [0.25, 0.3) is 11.2 Å². The number of imidazole rings is 1. The van der Waals surface area contributed by atoms with E-state index in [9.17, 15) is 14.4 Å². The molecule has 1 aliphatic heterocycles. The number of ether oxygens (including phenoxy) is 1. The van der Waals surface area contributed by atoms with Gasteiger partial charge in [0.05, 0.1) is 12.2 Å². The summed E-state index contributed by atoms with van der Waals surface area (Å²) in [5.41, 5.74) is 2.64. The minimum atomic E-state index is -0.365. The molecule has 180 valence electrons. The lowest BCUT2D eigenvalue weighted by Gasteiger charge is -2.16. The fraction of sp³-hybridized carbons (Fsp3) is 0.308. The molecule has 5 rings (SSSR count). The van der Waals surface area contributed by atoms with Crippen LogP contribution < -0.4 is 16.1 Å². The summed E-state index contributed by atoms with van der Waals surface area (Å²) < 4.78 is 9.70. The van der Waals surface area contributed by atoms with Crippen LogP contribution in [-0.4, -0.2) is 37.8 Å².